The van der Waals surface area contributed by atoms with Gasteiger partial charge in [-0.2, -0.15) is 4.98 Å². The Bertz CT molecular complexity index is 800. The number of aryl methyl sites for hydroxylation is 1. The van der Waals surface area contributed by atoms with Crippen molar-refractivity contribution in [2.24, 2.45) is 0 Å². The van der Waals surface area contributed by atoms with Gasteiger partial charge in [0.15, 0.2) is 0 Å². The number of nitrogens with one attached hydrogen (secondary N) is 1. The molecule has 156 valence electrons. The van der Waals surface area contributed by atoms with Crippen LogP contribution in [0.1, 0.15) is 11.1 Å². The molecular formula is C22H32N6O. The van der Waals surface area contributed by atoms with Crippen molar-refractivity contribution in [1.82, 2.24) is 14.9 Å². The zero-order chi connectivity index (χ0) is 20.1. The first-order valence-electron chi connectivity index (χ1n) is 10.6. The SMILES string of the molecule is Cc1cccc(N2CCN(c3ccnc(NCCN4CCOCC4)n3)CC2)c1C. The zero-order valence-electron chi connectivity index (χ0n) is 17.6. The Morgan fingerprint density at radius 1 is 0.966 bits per heavy atom. The van der Waals surface area contributed by atoms with E-state index in [4.69, 9.17) is 9.72 Å². The third kappa shape index (κ3) is 4.97. The van der Waals surface area contributed by atoms with Gasteiger partial charge in [-0.3, -0.25) is 4.90 Å². The van der Waals surface area contributed by atoms with E-state index in [2.05, 4.69) is 57.0 Å². The average Bonchev–Trinajstić information content (AvgIpc) is 2.77. The number of anilines is 3. The average molecular weight is 397 g/mol. The fourth-order valence-corrected chi connectivity index (χ4v) is 4.02. The van der Waals surface area contributed by atoms with Crippen LogP contribution in [0.3, 0.4) is 0 Å². The summed E-state index contributed by atoms with van der Waals surface area (Å²) in [5.74, 6) is 1.72. The number of benzene rings is 1. The van der Waals surface area contributed by atoms with Crippen LogP contribution in [0.5, 0.6) is 0 Å². The number of ether oxygens (including phenoxy) is 1. The number of morpholine rings is 1. The molecule has 0 amide bonds. The van der Waals surface area contributed by atoms with E-state index in [0.717, 1.165) is 71.4 Å². The lowest BCUT2D eigenvalue weighted by Crippen LogP contribution is -2.47. The van der Waals surface area contributed by atoms with Crippen LogP contribution in [-0.2, 0) is 4.74 Å². The lowest BCUT2D eigenvalue weighted by molar-refractivity contribution is 0.0398. The highest BCUT2D eigenvalue weighted by Crippen LogP contribution is 2.25. The first-order valence-corrected chi connectivity index (χ1v) is 10.6. The van der Waals surface area contributed by atoms with Crippen molar-refractivity contribution in [3.8, 4) is 0 Å². The van der Waals surface area contributed by atoms with Gasteiger partial charge in [0.05, 0.1) is 13.2 Å². The molecule has 2 aliphatic heterocycles. The lowest BCUT2D eigenvalue weighted by atomic mass is 10.1. The van der Waals surface area contributed by atoms with Gasteiger partial charge in [0.2, 0.25) is 5.95 Å². The molecule has 1 aromatic carbocycles. The molecule has 7 heteroatoms. The maximum absolute atomic E-state index is 5.40. The maximum atomic E-state index is 5.40. The quantitative estimate of drug-likeness (QED) is 0.803. The summed E-state index contributed by atoms with van der Waals surface area (Å²) in [6.45, 7) is 13.9. The van der Waals surface area contributed by atoms with E-state index in [0.29, 0.717) is 5.95 Å². The Labute approximate surface area is 173 Å². The van der Waals surface area contributed by atoms with Crippen molar-refractivity contribution in [2.45, 2.75) is 13.8 Å². The summed E-state index contributed by atoms with van der Waals surface area (Å²) in [5, 5.41) is 3.38. The van der Waals surface area contributed by atoms with E-state index in [1.54, 1.807) is 0 Å². The van der Waals surface area contributed by atoms with Gasteiger partial charge in [-0.05, 0) is 37.1 Å². The van der Waals surface area contributed by atoms with Crippen molar-refractivity contribution < 1.29 is 4.74 Å². The van der Waals surface area contributed by atoms with Gasteiger partial charge in [-0.1, -0.05) is 12.1 Å². The summed E-state index contributed by atoms with van der Waals surface area (Å²) in [6, 6.07) is 8.59. The van der Waals surface area contributed by atoms with Gasteiger partial charge in [-0.15, -0.1) is 0 Å². The standard InChI is InChI=1S/C22H32N6O/c1-18-4-3-5-20(19(18)2)27-10-12-28(13-11-27)21-6-7-23-22(25-21)24-8-9-26-14-16-29-17-15-26/h3-7H,8-17H2,1-2H3,(H,23,24,25). The molecule has 4 rings (SSSR count). The highest BCUT2D eigenvalue weighted by atomic mass is 16.5. The lowest BCUT2D eigenvalue weighted by Gasteiger charge is -2.37. The Balaban J connectivity index is 1.30. The Morgan fingerprint density at radius 2 is 1.72 bits per heavy atom. The van der Waals surface area contributed by atoms with Crippen LogP contribution in [-0.4, -0.2) is 80.4 Å². The van der Waals surface area contributed by atoms with Crippen LogP contribution < -0.4 is 15.1 Å². The predicted octanol–water partition coefficient (Wildman–Crippen LogP) is 2.16. The molecule has 2 aliphatic rings. The molecule has 7 nitrogen and oxygen atoms in total. The van der Waals surface area contributed by atoms with Crippen LogP contribution >= 0.6 is 0 Å². The summed E-state index contributed by atoms with van der Waals surface area (Å²) in [7, 11) is 0. The molecule has 2 aromatic rings. The number of hydrogen-bond donors (Lipinski definition) is 1. The second kappa shape index (κ2) is 9.41. The van der Waals surface area contributed by atoms with Crippen molar-refractivity contribution in [2.75, 3.05) is 80.7 Å². The molecule has 1 N–H and O–H groups in total. The van der Waals surface area contributed by atoms with Crippen molar-refractivity contribution in [3.63, 3.8) is 0 Å². The number of nitrogens with zero attached hydrogens (tertiary/aromatic N) is 5. The molecule has 0 aliphatic carbocycles. The van der Waals surface area contributed by atoms with E-state index >= 15 is 0 Å². The Morgan fingerprint density at radius 3 is 2.52 bits per heavy atom. The van der Waals surface area contributed by atoms with E-state index in [-0.39, 0.29) is 0 Å². The fraction of sp³-hybridized carbons (Fsp3) is 0.545. The monoisotopic (exact) mass is 396 g/mol. The maximum Gasteiger partial charge on any atom is 0.224 e. The molecule has 1 aromatic heterocycles. The van der Waals surface area contributed by atoms with Crippen molar-refractivity contribution in [1.29, 1.82) is 0 Å². The van der Waals surface area contributed by atoms with E-state index in [1.807, 2.05) is 12.3 Å². The van der Waals surface area contributed by atoms with Gasteiger partial charge in [-0.25, -0.2) is 4.98 Å². The first kappa shape index (κ1) is 19.9. The minimum Gasteiger partial charge on any atom is -0.379 e. The van der Waals surface area contributed by atoms with Gasteiger partial charge in [0, 0.05) is 64.2 Å². The smallest absolute Gasteiger partial charge is 0.224 e. The van der Waals surface area contributed by atoms with E-state index in [1.165, 1.54) is 16.8 Å². The Hall–Kier alpha value is -2.38. The summed E-state index contributed by atoms with van der Waals surface area (Å²) in [5.41, 5.74) is 4.10. The van der Waals surface area contributed by atoms with Gasteiger partial charge >= 0.3 is 0 Å². The van der Waals surface area contributed by atoms with Crippen LogP contribution in [0.15, 0.2) is 30.5 Å². The number of rotatable bonds is 6. The van der Waals surface area contributed by atoms with Crippen LogP contribution in [0.4, 0.5) is 17.5 Å². The van der Waals surface area contributed by atoms with Crippen LogP contribution in [0, 0.1) is 13.8 Å². The van der Waals surface area contributed by atoms with Gasteiger partial charge in [0.1, 0.15) is 5.82 Å². The molecule has 0 spiro atoms. The summed E-state index contributed by atoms with van der Waals surface area (Å²) < 4.78 is 5.40. The molecule has 3 heterocycles. The third-order valence-electron chi connectivity index (χ3n) is 5.98. The second-order valence-corrected chi connectivity index (χ2v) is 7.81. The third-order valence-corrected chi connectivity index (χ3v) is 5.98. The molecular weight excluding hydrogens is 364 g/mol. The molecule has 0 bridgehead atoms. The normalized spacial score (nSPS) is 18.1. The number of hydrogen-bond acceptors (Lipinski definition) is 7. The van der Waals surface area contributed by atoms with E-state index < -0.39 is 0 Å². The van der Waals surface area contributed by atoms with Crippen LogP contribution in [0.25, 0.3) is 0 Å². The van der Waals surface area contributed by atoms with Crippen molar-refractivity contribution in [3.05, 3.63) is 41.6 Å². The van der Waals surface area contributed by atoms with Gasteiger partial charge < -0.3 is 19.9 Å². The van der Waals surface area contributed by atoms with E-state index in [9.17, 15) is 0 Å². The Kier molecular flexibility index (Phi) is 6.46. The largest absolute Gasteiger partial charge is 0.379 e. The number of piperazine rings is 1. The molecule has 0 atom stereocenters. The number of aromatic nitrogens is 2. The zero-order valence-corrected chi connectivity index (χ0v) is 17.6. The van der Waals surface area contributed by atoms with Crippen LogP contribution in [0.2, 0.25) is 0 Å². The molecule has 0 radical (unpaired) electrons. The van der Waals surface area contributed by atoms with Gasteiger partial charge in [0.25, 0.3) is 0 Å². The minimum atomic E-state index is 0.715. The topological polar surface area (TPSA) is 56.8 Å². The summed E-state index contributed by atoms with van der Waals surface area (Å²) >= 11 is 0. The molecule has 2 saturated heterocycles. The minimum absolute atomic E-state index is 0.715. The summed E-state index contributed by atoms with van der Waals surface area (Å²) in [6.07, 6.45) is 1.86. The fourth-order valence-electron chi connectivity index (χ4n) is 4.02. The molecule has 0 unspecified atom stereocenters. The molecule has 2 fully saturated rings. The summed E-state index contributed by atoms with van der Waals surface area (Å²) in [4.78, 5) is 16.4. The molecule has 0 saturated carbocycles. The second-order valence-electron chi connectivity index (χ2n) is 7.81. The highest BCUT2D eigenvalue weighted by molar-refractivity contribution is 5.57. The molecule has 29 heavy (non-hydrogen) atoms. The van der Waals surface area contributed by atoms with Crippen molar-refractivity contribution >= 4 is 17.5 Å². The predicted molar refractivity (Wildman–Crippen MR) is 118 cm³/mol. The highest BCUT2D eigenvalue weighted by Gasteiger charge is 2.20. The first-order chi connectivity index (χ1) is 14.2.